The van der Waals surface area contributed by atoms with E-state index in [4.69, 9.17) is 9.15 Å². The standard InChI is InChI=1S/C16H26N6O3.HI/c1-12-20-21-14(22(12)3)10-18-15(17-7-9-24-4)19-11-16(2,23)13-6-5-8-25-13;/h5-6,8,23H,7,9-11H2,1-4H3,(H2,17,18,19);1H. The number of aliphatic hydroxyl groups is 1. The maximum Gasteiger partial charge on any atom is 0.191 e. The third-order valence-corrected chi connectivity index (χ3v) is 3.81. The number of methoxy groups -OCH3 is 1. The molecule has 0 radical (unpaired) electrons. The molecule has 2 aromatic rings. The molecule has 10 heteroatoms. The van der Waals surface area contributed by atoms with Crippen molar-refractivity contribution in [3.05, 3.63) is 35.8 Å². The van der Waals surface area contributed by atoms with Crippen LogP contribution in [0.4, 0.5) is 0 Å². The van der Waals surface area contributed by atoms with Crippen molar-refractivity contribution >= 4 is 29.9 Å². The number of rotatable bonds is 8. The molecular formula is C16H27IN6O3. The van der Waals surface area contributed by atoms with Crippen molar-refractivity contribution < 1.29 is 14.3 Å². The Kier molecular flexibility index (Phi) is 9.02. The van der Waals surface area contributed by atoms with E-state index in [1.54, 1.807) is 26.2 Å². The third-order valence-electron chi connectivity index (χ3n) is 3.81. The lowest BCUT2D eigenvalue weighted by Gasteiger charge is -2.22. The highest BCUT2D eigenvalue weighted by Crippen LogP contribution is 2.19. The number of hydrogen-bond donors (Lipinski definition) is 3. The second-order valence-electron chi connectivity index (χ2n) is 5.91. The SMILES string of the molecule is COCCNC(=NCc1nnc(C)n1C)NCC(C)(O)c1ccco1.I. The van der Waals surface area contributed by atoms with Crippen molar-refractivity contribution in [2.45, 2.75) is 26.0 Å². The van der Waals surface area contributed by atoms with Gasteiger partial charge in [0.15, 0.2) is 11.8 Å². The fraction of sp³-hybridized carbons (Fsp3) is 0.562. The molecule has 0 aliphatic heterocycles. The highest BCUT2D eigenvalue weighted by atomic mass is 127. The summed E-state index contributed by atoms with van der Waals surface area (Å²) in [5.41, 5.74) is -1.16. The number of furan rings is 1. The van der Waals surface area contributed by atoms with Gasteiger partial charge in [0.05, 0.1) is 19.4 Å². The van der Waals surface area contributed by atoms with Gasteiger partial charge in [0.1, 0.15) is 23.7 Å². The predicted octanol–water partition coefficient (Wildman–Crippen LogP) is 0.924. The first-order valence-electron chi connectivity index (χ1n) is 8.06. The summed E-state index contributed by atoms with van der Waals surface area (Å²) < 4.78 is 12.2. The highest BCUT2D eigenvalue weighted by Gasteiger charge is 2.26. The highest BCUT2D eigenvalue weighted by molar-refractivity contribution is 14.0. The summed E-state index contributed by atoms with van der Waals surface area (Å²) in [6.45, 7) is 5.29. The fourth-order valence-electron chi connectivity index (χ4n) is 2.11. The van der Waals surface area contributed by atoms with Crippen molar-refractivity contribution in [2.75, 3.05) is 26.8 Å². The van der Waals surface area contributed by atoms with Crippen molar-refractivity contribution in [1.82, 2.24) is 25.4 Å². The number of guanidine groups is 1. The monoisotopic (exact) mass is 478 g/mol. The number of aryl methyl sites for hydroxylation is 1. The lowest BCUT2D eigenvalue weighted by atomic mass is 10.0. The van der Waals surface area contributed by atoms with Gasteiger partial charge in [-0.05, 0) is 26.0 Å². The maximum absolute atomic E-state index is 10.5. The number of halogens is 1. The number of aromatic nitrogens is 3. The van der Waals surface area contributed by atoms with Gasteiger partial charge in [-0.15, -0.1) is 34.2 Å². The molecule has 146 valence electrons. The fourth-order valence-corrected chi connectivity index (χ4v) is 2.11. The quantitative estimate of drug-likeness (QED) is 0.224. The molecule has 9 nitrogen and oxygen atoms in total. The Labute approximate surface area is 170 Å². The molecule has 0 fully saturated rings. The molecule has 1 unspecified atom stereocenters. The summed E-state index contributed by atoms with van der Waals surface area (Å²) in [5.74, 6) is 2.61. The molecule has 2 heterocycles. The van der Waals surface area contributed by atoms with Crippen LogP contribution in [0.15, 0.2) is 27.8 Å². The van der Waals surface area contributed by atoms with E-state index in [1.165, 1.54) is 6.26 Å². The molecule has 0 aromatic carbocycles. The Morgan fingerprint density at radius 2 is 2.19 bits per heavy atom. The summed E-state index contributed by atoms with van der Waals surface area (Å²) in [5, 5.41) is 24.9. The minimum absolute atomic E-state index is 0. The van der Waals surface area contributed by atoms with E-state index in [2.05, 4.69) is 25.8 Å². The number of hydrogen-bond acceptors (Lipinski definition) is 6. The van der Waals surface area contributed by atoms with Gasteiger partial charge in [0.2, 0.25) is 0 Å². The van der Waals surface area contributed by atoms with Crippen molar-refractivity contribution in [3.8, 4) is 0 Å². The van der Waals surface area contributed by atoms with Crippen LogP contribution in [-0.4, -0.2) is 52.6 Å². The molecule has 2 rings (SSSR count). The zero-order chi connectivity index (χ0) is 18.3. The molecule has 0 aliphatic carbocycles. The van der Waals surface area contributed by atoms with Crippen LogP contribution in [0.3, 0.4) is 0 Å². The largest absolute Gasteiger partial charge is 0.466 e. The summed E-state index contributed by atoms with van der Waals surface area (Å²) >= 11 is 0. The Morgan fingerprint density at radius 1 is 1.42 bits per heavy atom. The molecule has 0 saturated heterocycles. The van der Waals surface area contributed by atoms with Crippen LogP contribution in [0, 0.1) is 6.92 Å². The molecule has 0 spiro atoms. The van der Waals surface area contributed by atoms with Gasteiger partial charge in [-0.25, -0.2) is 4.99 Å². The lowest BCUT2D eigenvalue weighted by molar-refractivity contribution is 0.0385. The zero-order valence-electron chi connectivity index (χ0n) is 15.5. The molecule has 0 amide bonds. The molecule has 1 atom stereocenters. The van der Waals surface area contributed by atoms with E-state index < -0.39 is 5.60 Å². The second-order valence-corrected chi connectivity index (χ2v) is 5.91. The second kappa shape index (κ2) is 10.5. The van der Waals surface area contributed by atoms with Crippen LogP contribution in [0.5, 0.6) is 0 Å². The number of nitrogens with zero attached hydrogens (tertiary/aromatic N) is 4. The molecule has 26 heavy (non-hydrogen) atoms. The number of aliphatic imine (C=N–C) groups is 1. The van der Waals surface area contributed by atoms with Crippen LogP contribution in [0.25, 0.3) is 0 Å². The van der Waals surface area contributed by atoms with Gasteiger partial charge in [-0.2, -0.15) is 0 Å². The van der Waals surface area contributed by atoms with Gasteiger partial charge in [-0.3, -0.25) is 0 Å². The van der Waals surface area contributed by atoms with Crippen LogP contribution in [-0.2, 0) is 23.9 Å². The molecule has 0 saturated carbocycles. The Hall–Kier alpha value is -1.66. The van der Waals surface area contributed by atoms with E-state index in [9.17, 15) is 5.11 Å². The summed E-state index contributed by atoms with van der Waals surface area (Å²) in [7, 11) is 3.53. The van der Waals surface area contributed by atoms with Gasteiger partial charge >= 0.3 is 0 Å². The molecular weight excluding hydrogens is 451 g/mol. The lowest BCUT2D eigenvalue weighted by Crippen LogP contribution is -2.45. The summed E-state index contributed by atoms with van der Waals surface area (Å²) in [4.78, 5) is 4.50. The van der Waals surface area contributed by atoms with Crippen LogP contribution >= 0.6 is 24.0 Å². The van der Waals surface area contributed by atoms with E-state index >= 15 is 0 Å². The zero-order valence-corrected chi connectivity index (χ0v) is 17.9. The van der Waals surface area contributed by atoms with Gasteiger partial charge in [0, 0.05) is 20.7 Å². The smallest absolute Gasteiger partial charge is 0.191 e. The Morgan fingerprint density at radius 3 is 2.77 bits per heavy atom. The molecule has 0 bridgehead atoms. The molecule has 0 aliphatic rings. The Bertz CT molecular complexity index is 684. The van der Waals surface area contributed by atoms with Crippen molar-refractivity contribution in [1.29, 1.82) is 0 Å². The third kappa shape index (κ3) is 6.25. The average Bonchev–Trinajstić information content (AvgIpc) is 3.23. The first-order chi connectivity index (χ1) is 11.9. The van der Waals surface area contributed by atoms with E-state index in [-0.39, 0.29) is 30.5 Å². The van der Waals surface area contributed by atoms with Crippen LogP contribution < -0.4 is 10.6 Å². The molecule has 2 aromatic heterocycles. The minimum Gasteiger partial charge on any atom is -0.466 e. The van der Waals surface area contributed by atoms with Gasteiger partial charge < -0.3 is 29.5 Å². The average molecular weight is 478 g/mol. The van der Waals surface area contributed by atoms with Crippen molar-refractivity contribution in [3.63, 3.8) is 0 Å². The first kappa shape index (κ1) is 22.4. The van der Waals surface area contributed by atoms with Gasteiger partial charge in [-0.1, -0.05) is 0 Å². The summed E-state index contributed by atoms with van der Waals surface area (Å²) in [6, 6.07) is 3.48. The van der Waals surface area contributed by atoms with Crippen LogP contribution in [0.2, 0.25) is 0 Å². The van der Waals surface area contributed by atoms with Crippen molar-refractivity contribution in [2.24, 2.45) is 12.0 Å². The van der Waals surface area contributed by atoms with E-state index in [1.807, 2.05) is 18.5 Å². The van der Waals surface area contributed by atoms with Crippen LogP contribution in [0.1, 0.15) is 24.3 Å². The predicted molar refractivity (Wildman–Crippen MR) is 108 cm³/mol. The minimum atomic E-state index is -1.16. The topological polar surface area (TPSA) is 110 Å². The number of ether oxygens (including phenoxy) is 1. The van der Waals surface area contributed by atoms with Gasteiger partial charge in [0.25, 0.3) is 0 Å². The Balaban J connectivity index is 0.00000338. The van der Waals surface area contributed by atoms with E-state index in [0.717, 1.165) is 11.6 Å². The van der Waals surface area contributed by atoms with E-state index in [0.29, 0.717) is 31.4 Å². The number of nitrogens with one attached hydrogen (secondary N) is 2. The molecule has 3 N–H and O–H groups in total. The maximum atomic E-state index is 10.5. The first-order valence-corrected chi connectivity index (χ1v) is 8.06. The normalized spacial score (nSPS) is 13.8. The summed E-state index contributed by atoms with van der Waals surface area (Å²) in [6.07, 6.45) is 1.53.